The maximum Gasteiger partial charge on any atom is 0.326 e. The normalized spacial score (nSPS) is 20.3. The van der Waals surface area contributed by atoms with Gasteiger partial charge in [-0.3, -0.25) is 0 Å². The predicted molar refractivity (Wildman–Crippen MR) is 75.8 cm³/mol. The number of sulfone groups is 1. The average molecular weight is 322 g/mol. The van der Waals surface area contributed by atoms with Crippen molar-refractivity contribution in [3.63, 3.8) is 0 Å². The van der Waals surface area contributed by atoms with E-state index in [1.54, 1.807) is 7.11 Å². The second-order valence-corrected chi connectivity index (χ2v) is 7.57. The molecule has 0 aromatic carbocycles. The van der Waals surface area contributed by atoms with Crippen molar-refractivity contribution in [2.24, 2.45) is 5.92 Å². The molecule has 1 fully saturated rings. The first kappa shape index (κ1) is 17.7. The Morgan fingerprint density at radius 2 is 2.14 bits per heavy atom. The molecule has 8 nitrogen and oxygen atoms in total. The van der Waals surface area contributed by atoms with Gasteiger partial charge in [-0.2, -0.15) is 0 Å². The van der Waals surface area contributed by atoms with Crippen LogP contribution in [0.5, 0.6) is 0 Å². The Kier molecular flexibility index (Phi) is 6.41. The molecule has 2 atom stereocenters. The van der Waals surface area contributed by atoms with Gasteiger partial charge in [-0.1, -0.05) is 0 Å². The minimum absolute atomic E-state index is 0.144. The molecular formula is C12H22N2O6S. The number of nitrogens with one attached hydrogen (secondary N) is 1. The van der Waals surface area contributed by atoms with Crippen LogP contribution in [0.1, 0.15) is 12.8 Å². The fourth-order valence-corrected chi connectivity index (χ4v) is 2.88. The van der Waals surface area contributed by atoms with E-state index in [2.05, 4.69) is 5.32 Å². The lowest BCUT2D eigenvalue weighted by Gasteiger charge is -2.21. The van der Waals surface area contributed by atoms with Crippen LogP contribution in [0.3, 0.4) is 0 Å². The van der Waals surface area contributed by atoms with E-state index in [4.69, 9.17) is 9.84 Å². The van der Waals surface area contributed by atoms with Crippen LogP contribution in [0, 0.1) is 5.92 Å². The summed E-state index contributed by atoms with van der Waals surface area (Å²) in [6, 6.07) is -1.68. The number of carboxylic acid groups (broad SMARTS) is 1. The number of carbonyl (C=O) groups is 2. The third kappa shape index (κ3) is 6.30. The number of ether oxygens (including phenoxy) is 1. The molecule has 1 rings (SSSR count). The highest BCUT2D eigenvalue weighted by Crippen LogP contribution is 2.16. The SMILES string of the molecule is COCC1CCN(C(=O)NC(CCS(C)(=O)=O)C(=O)O)C1. The predicted octanol–water partition coefficient (Wildman–Crippen LogP) is -0.448. The van der Waals surface area contributed by atoms with Crippen molar-refractivity contribution in [3.8, 4) is 0 Å². The summed E-state index contributed by atoms with van der Waals surface area (Å²) in [4.78, 5) is 24.6. The van der Waals surface area contributed by atoms with Crippen molar-refractivity contribution in [2.45, 2.75) is 18.9 Å². The van der Waals surface area contributed by atoms with Gasteiger partial charge in [0, 0.05) is 32.4 Å². The van der Waals surface area contributed by atoms with E-state index in [1.807, 2.05) is 0 Å². The molecule has 0 aromatic heterocycles. The Morgan fingerprint density at radius 3 is 2.67 bits per heavy atom. The highest BCUT2D eigenvalue weighted by molar-refractivity contribution is 7.90. The smallest absolute Gasteiger partial charge is 0.326 e. The quantitative estimate of drug-likeness (QED) is 0.656. The molecule has 0 saturated carbocycles. The average Bonchev–Trinajstić information content (AvgIpc) is 2.81. The lowest BCUT2D eigenvalue weighted by atomic mass is 10.1. The van der Waals surface area contributed by atoms with Gasteiger partial charge in [0.25, 0.3) is 0 Å². The van der Waals surface area contributed by atoms with Crippen LogP contribution >= 0.6 is 0 Å². The number of methoxy groups -OCH3 is 1. The van der Waals surface area contributed by atoms with E-state index >= 15 is 0 Å². The molecule has 1 saturated heterocycles. The molecule has 0 aliphatic carbocycles. The van der Waals surface area contributed by atoms with Crippen LogP contribution in [-0.4, -0.2) is 75.3 Å². The molecule has 1 aliphatic rings. The first-order valence-corrected chi connectivity index (χ1v) is 8.74. The molecule has 0 radical (unpaired) electrons. The van der Waals surface area contributed by atoms with Crippen LogP contribution < -0.4 is 5.32 Å². The topological polar surface area (TPSA) is 113 Å². The van der Waals surface area contributed by atoms with Gasteiger partial charge in [0.1, 0.15) is 15.9 Å². The monoisotopic (exact) mass is 322 g/mol. The molecule has 2 unspecified atom stereocenters. The number of rotatable bonds is 7. The van der Waals surface area contributed by atoms with Gasteiger partial charge >= 0.3 is 12.0 Å². The van der Waals surface area contributed by atoms with E-state index in [-0.39, 0.29) is 18.1 Å². The number of urea groups is 1. The standard InChI is InChI=1S/C12H22N2O6S/c1-20-8-9-3-5-14(7-9)12(17)13-10(11(15)16)4-6-21(2,18)19/h9-10H,3-8H2,1-2H3,(H,13,17)(H,15,16). The Hall–Kier alpha value is -1.35. The van der Waals surface area contributed by atoms with Crippen LogP contribution in [0.15, 0.2) is 0 Å². The van der Waals surface area contributed by atoms with Gasteiger partial charge in [0.2, 0.25) is 0 Å². The second kappa shape index (κ2) is 7.60. The van der Waals surface area contributed by atoms with E-state index in [0.29, 0.717) is 19.7 Å². The first-order valence-electron chi connectivity index (χ1n) is 6.68. The van der Waals surface area contributed by atoms with Crippen molar-refractivity contribution in [1.82, 2.24) is 10.2 Å². The highest BCUT2D eigenvalue weighted by atomic mass is 32.2. The number of nitrogens with zero attached hydrogens (tertiary/aromatic N) is 1. The lowest BCUT2D eigenvalue weighted by molar-refractivity contribution is -0.139. The van der Waals surface area contributed by atoms with Gasteiger partial charge < -0.3 is 20.1 Å². The Bertz CT molecular complexity index is 478. The number of hydrogen-bond donors (Lipinski definition) is 2. The largest absolute Gasteiger partial charge is 0.480 e. The maximum atomic E-state index is 12.0. The van der Waals surface area contributed by atoms with E-state index in [1.165, 1.54) is 4.90 Å². The van der Waals surface area contributed by atoms with E-state index in [0.717, 1.165) is 12.7 Å². The number of carbonyl (C=O) groups excluding carboxylic acids is 1. The number of hydrogen-bond acceptors (Lipinski definition) is 5. The fraction of sp³-hybridized carbons (Fsp3) is 0.833. The number of aliphatic carboxylic acids is 1. The minimum Gasteiger partial charge on any atom is -0.480 e. The minimum atomic E-state index is -3.27. The maximum absolute atomic E-state index is 12.0. The van der Waals surface area contributed by atoms with Gasteiger partial charge in [0.15, 0.2) is 0 Å². The Labute approximate surface area is 124 Å². The summed E-state index contributed by atoms with van der Waals surface area (Å²) in [5, 5.41) is 11.4. The highest BCUT2D eigenvalue weighted by Gasteiger charge is 2.29. The molecule has 1 aliphatic heterocycles. The molecule has 122 valence electrons. The van der Waals surface area contributed by atoms with Crippen molar-refractivity contribution in [1.29, 1.82) is 0 Å². The Morgan fingerprint density at radius 1 is 1.48 bits per heavy atom. The molecule has 0 spiro atoms. The number of carboxylic acids is 1. The molecule has 1 heterocycles. The van der Waals surface area contributed by atoms with Crippen molar-refractivity contribution in [3.05, 3.63) is 0 Å². The summed E-state index contributed by atoms with van der Waals surface area (Å²) in [7, 11) is -1.68. The van der Waals surface area contributed by atoms with Crippen LogP contribution in [0.2, 0.25) is 0 Å². The van der Waals surface area contributed by atoms with Gasteiger partial charge in [-0.15, -0.1) is 0 Å². The van der Waals surface area contributed by atoms with Crippen LogP contribution in [0.4, 0.5) is 4.79 Å². The summed E-state index contributed by atoms with van der Waals surface area (Å²) in [6.45, 7) is 1.61. The van der Waals surface area contributed by atoms with E-state index < -0.39 is 27.9 Å². The molecule has 21 heavy (non-hydrogen) atoms. The zero-order chi connectivity index (χ0) is 16.0. The summed E-state index contributed by atoms with van der Waals surface area (Å²) in [6.07, 6.45) is 1.70. The molecule has 0 aromatic rings. The number of likely N-dealkylation sites (tertiary alicyclic amines) is 1. The van der Waals surface area contributed by atoms with Gasteiger partial charge in [-0.05, 0) is 12.8 Å². The molecule has 0 bridgehead atoms. The van der Waals surface area contributed by atoms with Crippen molar-refractivity contribution < 1.29 is 27.9 Å². The number of amides is 2. The molecular weight excluding hydrogens is 300 g/mol. The third-order valence-corrected chi connectivity index (χ3v) is 4.33. The van der Waals surface area contributed by atoms with Gasteiger partial charge in [-0.25, -0.2) is 18.0 Å². The summed E-state index contributed by atoms with van der Waals surface area (Å²) >= 11 is 0. The van der Waals surface area contributed by atoms with E-state index in [9.17, 15) is 18.0 Å². The summed E-state index contributed by atoms with van der Waals surface area (Å²) < 4.78 is 27.2. The summed E-state index contributed by atoms with van der Waals surface area (Å²) in [5.74, 6) is -1.27. The molecule has 2 N–H and O–H groups in total. The second-order valence-electron chi connectivity index (χ2n) is 5.31. The third-order valence-electron chi connectivity index (χ3n) is 3.35. The zero-order valence-corrected chi connectivity index (χ0v) is 13.1. The zero-order valence-electron chi connectivity index (χ0n) is 12.2. The Balaban J connectivity index is 2.51. The van der Waals surface area contributed by atoms with Crippen molar-refractivity contribution >= 4 is 21.8 Å². The first-order chi connectivity index (χ1) is 9.73. The summed E-state index contributed by atoms with van der Waals surface area (Å²) in [5.41, 5.74) is 0. The molecule has 9 heteroatoms. The fourth-order valence-electron chi connectivity index (χ4n) is 2.22. The lowest BCUT2D eigenvalue weighted by Crippen LogP contribution is -2.48. The van der Waals surface area contributed by atoms with Crippen LogP contribution in [-0.2, 0) is 19.4 Å². The van der Waals surface area contributed by atoms with Gasteiger partial charge in [0.05, 0.1) is 12.4 Å². The van der Waals surface area contributed by atoms with Crippen molar-refractivity contribution in [2.75, 3.05) is 38.8 Å². The molecule has 2 amide bonds. The van der Waals surface area contributed by atoms with Crippen LogP contribution in [0.25, 0.3) is 0 Å².